The van der Waals surface area contributed by atoms with Gasteiger partial charge in [0.05, 0.1) is 6.04 Å². The standard InChI is InChI=1S/C5H9IN2/c1-3-5(6)4(2)8-7-3/h3,7-8H,1-2H3. The fourth-order valence-corrected chi connectivity index (χ4v) is 0.955. The Bertz CT molecular complexity index is 130. The molecule has 1 aliphatic heterocycles. The molecule has 0 saturated carbocycles. The molecule has 1 aliphatic rings. The minimum atomic E-state index is 0.496. The van der Waals surface area contributed by atoms with Crippen LogP contribution in [0.3, 0.4) is 0 Å². The average molecular weight is 224 g/mol. The summed E-state index contributed by atoms with van der Waals surface area (Å²) < 4.78 is 1.38. The maximum atomic E-state index is 3.09. The number of allylic oxidation sites excluding steroid dienone is 1. The van der Waals surface area contributed by atoms with Gasteiger partial charge >= 0.3 is 0 Å². The van der Waals surface area contributed by atoms with E-state index in [-0.39, 0.29) is 0 Å². The Balaban J connectivity index is 2.71. The van der Waals surface area contributed by atoms with Crippen molar-refractivity contribution < 1.29 is 0 Å². The van der Waals surface area contributed by atoms with Crippen molar-refractivity contribution in [2.75, 3.05) is 0 Å². The first-order chi connectivity index (χ1) is 3.72. The normalized spacial score (nSPS) is 28.6. The van der Waals surface area contributed by atoms with Crippen molar-refractivity contribution in [2.45, 2.75) is 19.9 Å². The quantitative estimate of drug-likeness (QED) is 0.603. The lowest BCUT2D eigenvalue weighted by atomic mass is 10.3. The maximum absolute atomic E-state index is 3.09. The van der Waals surface area contributed by atoms with Gasteiger partial charge in [0, 0.05) is 9.28 Å². The van der Waals surface area contributed by atoms with Crippen molar-refractivity contribution in [3.8, 4) is 0 Å². The summed E-state index contributed by atoms with van der Waals surface area (Å²) in [5.74, 6) is 0. The van der Waals surface area contributed by atoms with Gasteiger partial charge in [-0.05, 0) is 36.4 Å². The van der Waals surface area contributed by atoms with Crippen LogP contribution < -0.4 is 10.9 Å². The van der Waals surface area contributed by atoms with Gasteiger partial charge in [-0.1, -0.05) is 0 Å². The summed E-state index contributed by atoms with van der Waals surface area (Å²) in [6, 6.07) is 0.496. The summed E-state index contributed by atoms with van der Waals surface area (Å²) >= 11 is 2.34. The molecule has 0 bridgehead atoms. The first-order valence-corrected chi connectivity index (χ1v) is 3.67. The summed E-state index contributed by atoms with van der Waals surface area (Å²) in [7, 11) is 0. The van der Waals surface area contributed by atoms with E-state index in [1.54, 1.807) is 0 Å². The zero-order chi connectivity index (χ0) is 6.15. The van der Waals surface area contributed by atoms with E-state index in [4.69, 9.17) is 0 Å². The summed E-state index contributed by atoms with van der Waals surface area (Å²) in [4.78, 5) is 0. The molecule has 0 fully saturated rings. The molecule has 1 heterocycles. The molecule has 0 saturated heterocycles. The second-order valence-corrected chi connectivity index (χ2v) is 3.13. The van der Waals surface area contributed by atoms with Crippen LogP contribution in [0.2, 0.25) is 0 Å². The Kier molecular flexibility index (Phi) is 1.77. The molecule has 2 nitrogen and oxygen atoms in total. The highest BCUT2D eigenvalue weighted by Crippen LogP contribution is 2.18. The van der Waals surface area contributed by atoms with Gasteiger partial charge in [-0.3, -0.25) is 0 Å². The number of hydrogen-bond donors (Lipinski definition) is 2. The van der Waals surface area contributed by atoms with E-state index in [0.717, 1.165) is 0 Å². The summed E-state index contributed by atoms with van der Waals surface area (Å²) in [6.45, 7) is 4.20. The van der Waals surface area contributed by atoms with E-state index in [1.165, 1.54) is 9.28 Å². The third kappa shape index (κ3) is 0.974. The van der Waals surface area contributed by atoms with Crippen molar-refractivity contribution >= 4 is 22.6 Å². The molecule has 3 heteroatoms. The second-order valence-electron chi connectivity index (χ2n) is 1.96. The van der Waals surface area contributed by atoms with Gasteiger partial charge in [0.25, 0.3) is 0 Å². The number of hydrogen-bond acceptors (Lipinski definition) is 2. The molecule has 1 atom stereocenters. The number of hydrazine groups is 1. The first-order valence-electron chi connectivity index (χ1n) is 2.59. The SMILES string of the molecule is CC1=C(I)C(C)NN1. The van der Waals surface area contributed by atoms with E-state index in [9.17, 15) is 0 Å². The molecule has 2 N–H and O–H groups in total. The molecular formula is C5H9IN2. The molecule has 8 heavy (non-hydrogen) atoms. The van der Waals surface area contributed by atoms with Crippen molar-refractivity contribution in [1.29, 1.82) is 0 Å². The molecule has 46 valence electrons. The molecule has 0 aromatic rings. The van der Waals surface area contributed by atoms with Crippen LogP contribution in [0.25, 0.3) is 0 Å². The zero-order valence-electron chi connectivity index (χ0n) is 4.96. The van der Waals surface area contributed by atoms with Gasteiger partial charge in [-0.2, -0.15) is 0 Å². The molecule has 0 amide bonds. The number of halogens is 1. The van der Waals surface area contributed by atoms with Gasteiger partial charge in [0.1, 0.15) is 0 Å². The Morgan fingerprint density at radius 1 is 1.62 bits per heavy atom. The second kappa shape index (κ2) is 2.23. The van der Waals surface area contributed by atoms with Crippen LogP contribution in [0.4, 0.5) is 0 Å². The van der Waals surface area contributed by atoms with E-state index in [1.807, 2.05) is 0 Å². The Labute approximate surface area is 62.8 Å². The fraction of sp³-hybridized carbons (Fsp3) is 0.600. The lowest BCUT2D eigenvalue weighted by Gasteiger charge is -1.99. The maximum Gasteiger partial charge on any atom is 0.0556 e. The van der Waals surface area contributed by atoms with Crippen molar-refractivity contribution in [1.82, 2.24) is 10.9 Å². The Hall–Kier alpha value is 0.230. The highest BCUT2D eigenvalue weighted by atomic mass is 127. The fourth-order valence-electron chi connectivity index (χ4n) is 0.664. The molecular weight excluding hydrogens is 215 g/mol. The van der Waals surface area contributed by atoms with Crippen LogP contribution in [0.15, 0.2) is 9.28 Å². The van der Waals surface area contributed by atoms with E-state index in [0.29, 0.717) is 6.04 Å². The smallest absolute Gasteiger partial charge is 0.0556 e. The summed E-state index contributed by atoms with van der Waals surface area (Å²) in [5.41, 5.74) is 7.38. The predicted octanol–water partition coefficient (Wildman–Crippen LogP) is 1.15. The summed E-state index contributed by atoms with van der Waals surface area (Å²) in [5, 5.41) is 0. The average Bonchev–Trinajstić information content (AvgIpc) is 1.98. The predicted molar refractivity (Wildman–Crippen MR) is 42.5 cm³/mol. The van der Waals surface area contributed by atoms with Crippen LogP contribution in [-0.4, -0.2) is 6.04 Å². The third-order valence-electron chi connectivity index (χ3n) is 1.21. The van der Waals surface area contributed by atoms with Gasteiger partial charge in [-0.15, -0.1) is 0 Å². The van der Waals surface area contributed by atoms with Gasteiger partial charge in [0.2, 0.25) is 0 Å². The molecule has 1 rings (SSSR count). The Morgan fingerprint density at radius 2 is 2.25 bits per heavy atom. The van der Waals surface area contributed by atoms with Gasteiger partial charge in [0.15, 0.2) is 0 Å². The molecule has 0 aromatic heterocycles. The van der Waals surface area contributed by atoms with Crippen LogP contribution in [0.5, 0.6) is 0 Å². The molecule has 0 radical (unpaired) electrons. The van der Waals surface area contributed by atoms with Crippen LogP contribution in [-0.2, 0) is 0 Å². The number of nitrogens with one attached hydrogen (secondary N) is 2. The largest absolute Gasteiger partial charge is 0.325 e. The Morgan fingerprint density at radius 3 is 2.38 bits per heavy atom. The van der Waals surface area contributed by atoms with Crippen LogP contribution in [0.1, 0.15) is 13.8 Å². The van der Waals surface area contributed by atoms with Gasteiger partial charge in [-0.25, -0.2) is 5.43 Å². The van der Waals surface area contributed by atoms with E-state index < -0.39 is 0 Å². The van der Waals surface area contributed by atoms with Gasteiger partial charge < -0.3 is 5.43 Å². The zero-order valence-corrected chi connectivity index (χ0v) is 7.11. The summed E-state index contributed by atoms with van der Waals surface area (Å²) in [6.07, 6.45) is 0. The van der Waals surface area contributed by atoms with Crippen molar-refractivity contribution in [3.63, 3.8) is 0 Å². The first kappa shape index (κ1) is 6.35. The molecule has 0 spiro atoms. The minimum Gasteiger partial charge on any atom is -0.325 e. The monoisotopic (exact) mass is 224 g/mol. The molecule has 1 unspecified atom stereocenters. The topological polar surface area (TPSA) is 24.1 Å². The lowest BCUT2D eigenvalue weighted by molar-refractivity contribution is 0.606. The van der Waals surface area contributed by atoms with Crippen molar-refractivity contribution in [3.05, 3.63) is 9.28 Å². The highest BCUT2D eigenvalue weighted by molar-refractivity contribution is 14.1. The minimum absolute atomic E-state index is 0.496. The lowest BCUT2D eigenvalue weighted by Crippen LogP contribution is -2.29. The van der Waals surface area contributed by atoms with Crippen LogP contribution >= 0.6 is 22.6 Å². The van der Waals surface area contributed by atoms with E-state index >= 15 is 0 Å². The highest BCUT2D eigenvalue weighted by Gasteiger charge is 2.13. The number of rotatable bonds is 0. The molecule has 0 aromatic carbocycles. The van der Waals surface area contributed by atoms with Crippen LogP contribution in [0, 0.1) is 0 Å². The van der Waals surface area contributed by atoms with E-state index in [2.05, 4.69) is 47.3 Å². The third-order valence-corrected chi connectivity index (χ3v) is 2.96. The molecule has 0 aliphatic carbocycles. The van der Waals surface area contributed by atoms with Crippen molar-refractivity contribution in [2.24, 2.45) is 0 Å².